The molecule has 1 unspecified atom stereocenters. The molecule has 1 atom stereocenters. The van der Waals surface area contributed by atoms with Crippen LogP contribution in [0.4, 0.5) is 0 Å². The summed E-state index contributed by atoms with van der Waals surface area (Å²) in [7, 11) is 1.97. The molecule has 0 saturated heterocycles. The van der Waals surface area contributed by atoms with Crippen LogP contribution in [0.1, 0.15) is 32.4 Å². The molecule has 0 aliphatic carbocycles. The third-order valence-corrected chi connectivity index (χ3v) is 2.68. The molecule has 1 heterocycles. The van der Waals surface area contributed by atoms with Gasteiger partial charge in [-0.3, -0.25) is 0 Å². The Bertz CT molecular complexity index is 251. The van der Waals surface area contributed by atoms with Crippen LogP contribution in [0.15, 0.2) is 16.8 Å². The summed E-state index contributed by atoms with van der Waals surface area (Å²) in [5.41, 5.74) is 1.24. The molecule has 0 saturated carbocycles. The first kappa shape index (κ1) is 11.7. The molecule has 1 N–H and O–H groups in total. The zero-order valence-corrected chi connectivity index (χ0v) is 10.1. The molecule has 3 heteroatoms. The highest BCUT2D eigenvalue weighted by atomic mass is 32.1. The Hall–Kier alpha value is -0.380. The fourth-order valence-corrected chi connectivity index (χ4v) is 1.87. The first-order valence-corrected chi connectivity index (χ1v) is 5.80. The van der Waals surface area contributed by atoms with Crippen LogP contribution >= 0.6 is 11.3 Å². The molecule has 0 aliphatic rings. The largest absolute Gasteiger partial charge is 0.374 e. The summed E-state index contributed by atoms with van der Waals surface area (Å²) in [6, 6.07) is 2.44. The van der Waals surface area contributed by atoms with Gasteiger partial charge in [-0.1, -0.05) is 0 Å². The highest BCUT2D eigenvalue weighted by molar-refractivity contribution is 7.07. The van der Waals surface area contributed by atoms with Gasteiger partial charge in [-0.2, -0.15) is 11.3 Å². The van der Waals surface area contributed by atoms with Crippen molar-refractivity contribution in [1.82, 2.24) is 5.32 Å². The van der Waals surface area contributed by atoms with Crippen molar-refractivity contribution in [3.8, 4) is 0 Å². The van der Waals surface area contributed by atoms with Crippen LogP contribution in [0.25, 0.3) is 0 Å². The average Bonchev–Trinajstić information content (AvgIpc) is 2.56. The van der Waals surface area contributed by atoms with Crippen molar-refractivity contribution in [2.75, 3.05) is 13.7 Å². The smallest absolute Gasteiger partial charge is 0.0668 e. The van der Waals surface area contributed by atoms with E-state index in [1.54, 1.807) is 11.3 Å². The van der Waals surface area contributed by atoms with E-state index in [1.165, 1.54) is 5.56 Å². The predicted octanol–water partition coefficient (Wildman–Crippen LogP) is 2.82. The van der Waals surface area contributed by atoms with Gasteiger partial charge in [0.2, 0.25) is 0 Å². The maximum Gasteiger partial charge on any atom is 0.0668 e. The molecule has 0 amide bonds. The molecule has 14 heavy (non-hydrogen) atoms. The van der Waals surface area contributed by atoms with E-state index >= 15 is 0 Å². The van der Waals surface area contributed by atoms with E-state index in [9.17, 15) is 0 Å². The monoisotopic (exact) mass is 213 g/mol. The number of likely N-dealkylation sites (N-methyl/N-ethyl adjacent to an activating group) is 1. The first-order valence-electron chi connectivity index (χ1n) is 4.86. The Morgan fingerprint density at radius 3 is 2.64 bits per heavy atom. The molecule has 2 nitrogen and oxygen atoms in total. The normalized spacial score (nSPS) is 14.3. The van der Waals surface area contributed by atoms with Crippen molar-refractivity contribution >= 4 is 11.3 Å². The number of hydrogen-bond donors (Lipinski definition) is 1. The zero-order valence-electron chi connectivity index (χ0n) is 9.33. The Kier molecular flexibility index (Phi) is 4.11. The molecule has 0 spiro atoms. The van der Waals surface area contributed by atoms with E-state index in [0.717, 1.165) is 6.61 Å². The van der Waals surface area contributed by atoms with E-state index < -0.39 is 0 Å². The van der Waals surface area contributed by atoms with Gasteiger partial charge in [0.1, 0.15) is 0 Å². The second-order valence-corrected chi connectivity index (χ2v) is 5.10. The van der Waals surface area contributed by atoms with Crippen LogP contribution in [0.3, 0.4) is 0 Å². The summed E-state index contributed by atoms with van der Waals surface area (Å²) in [5.74, 6) is 0. The van der Waals surface area contributed by atoms with Crippen molar-refractivity contribution in [2.45, 2.75) is 32.4 Å². The number of hydrogen-bond acceptors (Lipinski definition) is 3. The highest BCUT2D eigenvalue weighted by Gasteiger charge is 2.15. The molecule has 0 aliphatic heterocycles. The van der Waals surface area contributed by atoms with Crippen LogP contribution in [0.2, 0.25) is 0 Å². The lowest BCUT2D eigenvalue weighted by Crippen LogP contribution is -2.28. The second-order valence-electron chi connectivity index (χ2n) is 4.32. The summed E-state index contributed by atoms with van der Waals surface area (Å²) in [5, 5.41) is 7.51. The molecule has 0 bridgehead atoms. The lowest BCUT2D eigenvalue weighted by molar-refractivity contribution is -0.0138. The van der Waals surface area contributed by atoms with E-state index in [0.29, 0.717) is 6.04 Å². The minimum absolute atomic E-state index is 0.0644. The molecule has 0 aromatic carbocycles. The fraction of sp³-hybridized carbons (Fsp3) is 0.636. The van der Waals surface area contributed by atoms with E-state index in [-0.39, 0.29) is 5.60 Å². The minimum atomic E-state index is -0.0644. The van der Waals surface area contributed by atoms with Crippen molar-refractivity contribution < 1.29 is 4.74 Å². The summed E-state index contributed by atoms with van der Waals surface area (Å²) in [6.07, 6.45) is 0. The van der Waals surface area contributed by atoms with Gasteiger partial charge in [0.25, 0.3) is 0 Å². The van der Waals surface area contributed by atoms with Crippen LogP contribution in [-0.2, 0) is 4.74 Å². The molecule has 0 fully saturated rings. The van der Waals surface area contributed by atoms with Gasteiger partial charge in [0.05, 0.1) is 18.2 Å². The maximum atomic E-state index is 5.75. The fourth-order valence-electron chi connectivity index (χ4n) is 1.15. The van der Waals surface area contributed by atoms with Crippen LogP contribution in [0.5, 0.6) is 0 Å². The Morgan fingerprint density at radius 2 is 2.21 bits per heavy atom. The summed E-state index contributed by atoms with van der Waals surface area (Å²) >= 11 is 1.72. The topological polar surface area (TPSA) is 21.3 Å². The molecular weight excluding hydrogens is 194 g/mol. The van der Waals surface area contributed by atoms with Crippen LogP contribution < -0.4 is 5.32 Å². The van der Waals surface area contributed by atoms with Gasteiger partial charge < -0.3 is 10.1 Å². The SMILES string of the molecule is CNC(COC(C)(C)C)c1ccsc1. The Morgan fingerprint density at radius 1 is 1.50 bits per heavy atom. The van der Waals surface area contributed by atoms with Gasteiger partial charge >= 0.3 is 0 Å². The summed E-state index contributed by atoms with van der Waals surface area (Å²) in [6.45, 7) is 6.95. The predicted molar refractivity (Wildman–Crippen MR) is 61.8 cm³/mol. The lowest BCUT2D eigenvalue weighted by Gasteiger charge is -2.23. The van der Waals surface area contributed by atoms with E-state index in [1.807, 2.05) is 7.05 Å². The average molecular weight is 213 g/mol. The van der Waals surface area contributed by atoms with Gasteiger partial charge in [-0.05, 0) is 50.2 Å². The summed E-state index contributed by atoms with van der Waals surface area (Å²) < 4.78 is 5.75. The third-order valence-electron chi connectivity index (χ3n) is 1.98. The van der Waals surface area contributed by atoms with E-state index in [4.69, 9.17) is 4.74 Å². The van der Waals surface area contributed by atoms with E-state index in [2.05, 4.69) is 42.9 Å². The summed E-state index contributed by atoms with van der Waals surface area (Å²) in [4.78, 5) is 0. The standard InChI is InChI=1S/C11H19NOS/c1-11(2,3)13-7-10(12-4)9-5-6-14-8-9/h5-6,8,10,12H,7H2,1-4H3. The maximum absolute atomic E-state index is 5.75. The number of thiophene rings is 1. The highest BCUT2D eigenvalue weighted by Crippen LogP contribution is 2.18. The van der Waals surface area contributed by atoms with Crippen molar-refractivity contribution in [1.29, 1.82) is 0 Å². The molecule has 1 aromatic rings. The molecular formula is C11H19NOS. The molecule has 1 aromatic heterocycles. The van der Waals surface area contributed by atoms with Crippen LogP contribution in [-0.4, -0.2) is 19.3 Å². The van der Waals surface area contributed by atoms with Crippen molar-refractivity contribution in [3.05, 3.63) is 22.4 Å². The number of ether oxygens (including phenoxy) is 1. The molecule has 1 rings (SSSR count). The number of rotatable bonds is 4. The van der Waals surface area contributed by atoms with Crippen molar-refractivity contribution in [2.24, 2.45) is 0 Å². The van der Waals surface area contributed by atoms with Gasteiger partial charge in [0.15, 0.2) is 0 Å². The quantitative estimate of drug-likeness (QED) is 0.830. The first-order chi connectivity index (χ1) is 6.53. The Labute approximate surface area is 90.3 Å². The van der Waals surface area contributed by atoms with Gasteiger partial charge in [-0.25, -0.2) is 0 Å². The second kappa shape index (κ2) is 4.91. The number of nitrogens with one attached hydrogen (secondary N) is 1. The third kappa shape index (κ3) is 3.78. The Balaban J connectivity index is 2.49. The zero-order chi connectivity index (χ0) is 10.6. The van der Waals surface area contributed by atoms with Gasteiger partial charge in [0, 0.05) is 0 Å². The van der Waals surface area contributed by atoms with Gasteiger partial charge in [-0.15, -0.1) is 0 Å². The molecule has 80 valence electrons. The minimum Gasteiger partial charge on any atom is -0.374 e. The van der Waals surface area contributed by atoms with Crippen LogP contribution in [0, 0.1) is 0 Å². The molecule has 0 radical (unpaired) electrons. The lowest BCUT2D eigenvalue weighted by atomic mass is 10.1. The van der Waals surface area contributed by atoms with Crippen molar-refractivity contribution in [3.63, 3.8) is 0 Å².